The summed E-state index contributed by atoms with van der Waals surface area (Å²) in [5.74, 6) is 0. The van der Waals surface area contributed by atoms with E-state index in [0.717, 1.165) is 157 Å². The van der Waals surface area contributed by atoms with Crippen LogP contribution in [0.15, 0.2) is 441 Å². The Hall–Kier alpha value is -15.8. The van der Waals surface area contributed by atoms with E-state index in [1.165, 1.54) is 77.6 Å². The molecule has 5 aliphatic rings. The summed E-state index contributed by atoms with van der Waals surface area (Å²) in [5.41, 5.74) is 42.5. The van der Waals surface area contributed by atoms with Crippen LogP contribution in [0.2, 0.25) is 0 Å². The molecule has 6 heterocycles. The van der Waals surface area contributed by atoms with Crippen molar-refractivity contribution in [3.05, 3.63) is 498 Å². The molecule has 0 N–H and O–H groups in total. The summed E-state index contributed by atoms with van der Waals surface area (Å²) in [6.45, 7) is 21.2. The van der Waals surface area contributed by atoms with Gasteiger partial charge in [-0.3, -0.25) is 0 Å². The second-order valence-corrected chi connectivity index (χ2v) is 40.2. The molecule has 0 saturated heterocycles. The zero-order chi connectivity index (χ0) is 90.3. The maximum Gasteiger partial charge on any atom is 0.252 e. The first kappa shape index (κ1) is 80.3. The Bertz CT molecular complexity index is 7500. The fraction of sp³-hybridized carbons (Fsp3) is 0.109. The van der Waals surface area contributed by atoms with Crippen molar-refractivity contribution in [1.82, 2.24) is 0 Å². The molecule has 6 heteroatoms. The molecular formula is C128H99BN4O. The van der Waals surface area contributed by atoms with Crippen molar-refractivity contribution in [3.8, 4) is 66.8 Å². The Morgan fingerprint density at radius 2 is 0.500 bits per heavy atom. The molecule has 20 aromatic rings. The smallest absolute Gasteiger partial charge is 0.252 e. The van der Waals surface area contributed by atoms with E-state index in [4.69, 9.17) is 4.42 Å². The van der Waals surface area contributed by atoms with Crippen LogP contribution in [0.1, 0.15) is 124 Å². The molecule has 1 aromatic heterocycles. The predicted molar refractivity (Wildman–Crippen MR) is 563 cm³/mol. The van der Waals surface area contributed by atoms with E-state index in [1.54, 1.807) is 0 Å². The number of hydrogen-bond acceptors (Lipinski definition) is 5. The van der Waals surface area contributed by atoms with Crippen LogP contribution in [0.25, 0.3) is 88.7 Å². The normalized spacial score (nSPS) is 14.1. The van der Waals surface area contributed by atoms with E-state index < -0.39 is 16.2 Å². The van der Waals surface area contributed by atoms with E-state index in [1.807, 2.05) is 0 Å². The average Bonchev–Trinajstić information content (AvgIpc) is 0.826. The molecule has 0 spiro atoms. The summed E-state index contributed by atoms with van der Waals surface area (Å²) in [7, 11) is 0. The average molecular weight is 1720 g/mol. The third-order valence-corrected chi connectivity index (χ3v) is 29.5. The topological polar surface area (TPSA) is 26.1 Å². The number of para-hydroxylation sites is 4. The van der Waals surface area contributed by atoms with Gasteiger partial charge in [0.1, 0.15) is 11.2 Å². The molecule has 0 aliphatic carbocycles. The molecule has 640 valence electrons. The zero-order valence-corrected chi connectivity index (χ0v) is 76.8. The van der Waals surface area contributed by atoms with E-state index in [9.17, 15) is 0 Å². The SMILES string of the molecule is CC(C)(C)c1cc(-c2ccccc2)c2c(c1)-c1cccc(c1)-c1ccc3oc4ccc(cc4c3c1)-c1cccc(c1)-c1cc(C(C)(C)C)cc(-c3ccccc3)c1N1c3cc(N4c5ccccc5C(c5ccccc5)(c5ccccc5)c5ccccc54)ccc3B3c4ccc(N5c6ccccc6C(c6ccccc6)(c6ccccc6)c6ccccc65)cc4N2c2cc(C(C)(C)C)cc1c23. The van der Waals surface area contributed by atoms with Crippen molar-refractivity contribution in [3.63, 3.8) is 0 Å². The highest BCUT2D eigenvalue weighted by Gasteiger charge is 2.52. The summed E-state index contributed by atoms with van der Waals surface area (Å²) in [5, 5.41) is 2.14. The third-order valence-electron chi connectivity index (χ3n) is 29.5. The second kappa shape index (κ2) is 30.4. The number of fused-ring (bicyclic) bond motifs is 24. The molecule has 134 heavy (non-hydrogen) atoms. The van der Waals surface area contributed by atoms with Crippen molar-refractivity contribution in [1.29, 1.82) is 0 Å². The van der Waals surface area contributed by atoms with Gasteiger partial charge in [-0.1, -0.05) is 378 Å². The lowest BCUT2D eigenvalue weighted by Crippen LogP contribution is -2.61. The number of nitrogens with zero attached hydrogens (tertiary/aromatic N) is 4. The van der Waals surface area contributed by atoms with Gasteiger partial charge in [0.25, 0.3) is 6.71 Å². The first-order valence-corrected chi connectivity index (χ1v) is 47.3. The Balaban J connectivity index is 0.857. The molecule has 0 amide bonds. The van der Waals surface area contributed by atoms with Crippen LogP contribution in [0.5, 0.6) is 0 Å². The highest BCUT2D eigenvalue weighted by Crippen LogP contribution is 2.63. The van der Waals surface area contributed by atoms with Crippen LogP contribution >= 0.6 is 0 Å². The Morgan fingerprint density at radius 1 is 0.216 bits per heavy atom. The minimum absolute atomic E-state index is 0.304. The number of furan rings is 1. The van der Waals surface area contributed by atoms with Gasteiger partial charge >= 0.3 is 0 Å². The van der Waals surface area contributed by atoms with Gasteiger partial charge in [-0.05, 0) is 260 Å². The largest absolute Gasteiger partial charge is 0.456 e. The molecule has 5 aliphatic heterocycles. The van der Waals surface area contributed by atoms with Gasteiger partial charge in [0, 0.05) is 67.2 Å². The monoisotopic (exact) mass is 1720 g/mol. The molecule has 5 nitrogen and oxygen atoms in total. The molecular weight excluding hydrogens is 1620 g/mol. The van der Waals surface area contributed by atoms with E-state index >= 15 is 0 Å². The Kier molecular flexibility index (Phi) is 18.2. The van der Waals surface area contributed by atoms with Crippen molar-refractivity contribution < 1.29 is 4.42 Å². The highest BCUT2D eigenvalue weighted by molar-refractivity contribution is 7.00. The number of anilines is 12. The van der Waals surface area contributed by atoms with Gasteiger partial charge in [0.05, 0.1) is 45.0 Å². The Labute approximate surface area is 786 Å². The van der Waals surface area contributed by atoms with Gasteiger partial charge < -0.3 is 24.0 Å². The number of benzene rings is 19. The summed E-state index contributed by atoms with van der Waals surface area (Å²) in [4.78, 5) is 10.7. The number of rotatable bonds is 8. The van der Waals surface area contributed by atoms with Gasteiger partial charge in [-0.15, -0.1) is 0 Å². The van der Waals surface area contributed by atoms with Crippen LogP contribution < -0.4 is 36.0 Å². The van der Waals surface area contributed by atoms with E-state index in [0.29, 0.717) is 0 Å². The zero-order valence-electron chi connectivity index (χ0n) is 76.8. The van der Waals surface area contributed by atoms with Crippen molar-refractivity contribution in [2.24, 2.45) is 0 Å². The van der Waals surface area contributed by atoms with Gasteiger partial charge in [-0.25, -0.2) is 0 Å². The quantitative estimate of drug-likeness (QED) is 0.141. The Morgan fingerprint density at radius 3 is 0.836 bits per heavy atom. The third kappa shape index (κ3) is 12.3. The second-order valence-electron chi connectivity index (χ2n) is 40.2. The molecule has 0 unspecified atom stereocenters. The molecule has 0 fully saturated rings. The minimum Gasteiger partial charge on any atom is -0.456 e. The summed E-state index contributed by atoms with van der Waals surface area (Å²) >= 11 is 0. The van der Waals surface area contributed by atoms with Crippen LogP contribution in [-0.2, 0) is 27.1 Å². The fourth-order valence-corrected chi connectivity index (χ4v) is 23.1. The number of hydrogen-bond donors (Lipinski definition) is 0. The lowest BCUT2D eigenvalue weighted by molar-refractivity contribution is 0.590. The minimum atomic E-state index is -0.705. The molecule has 13 bridgehead atoms. The maximum absolute atomic E-state index is 6.91. The van der Waals surface area contributed by atoms with E-state index in [2.05, 4.69) is 519 Å². The standard InChI is InChI=1S/C128H99BN4O/c1-124(2,3)94-74-99(82-38-16-10-17-39-82)122-101(76-94)88-44-36-42-84(70-88)86-62-68-119-103(72-86)104-73-87(63-69-120(104)134-119)85-43-37-45-89(71-85)102-77-95(125(4,5)6)75-100(83-40-18-11-19-41-83)123(102)133-116-81-98(131-113-60-34-30-56-107(113)128(92-50-24-14-25-51-92,93-52-26-15-27-53-93)108-57-31-35-61-114(108)131)65-67-110(116)129-109-66-64-97(80-115(109)132(122)117-78-96(126(7,8)9)79-118(133)121(117)129)130-111-58-32-28-54-105(111)127(90-46-20-12-21-47-90,91-48-22-13-23-49-91)106-55-29-33-59-112(106)130/h10-81H,1-9H3. The lowest BCUT2D eigenvalue weighted by Gasteiger charge is -2.48. The molecule has 19 aromatic carbocycles. The predicted octanol–water partition coefficient (Wildman–Crippen LogP) is 32.2. The summed E-state index contributed by atoms with van der Waals surface area (Å²) in [6, 6.07) is 168. The maximum atomic E-state index is 6.91. The first-order chi connectivity index (χ1) is 65.4. The van der Waals surface area contributed by atoms with Gasteiger partial charge in [-0.2, -0.15) is 0 Å². The summed E-state index contributed by atoms with van der Waals surface area (Å²) in [6.07, 6.45) is 0. The highest BCUT2D eigenvalue weighted by atomic mass is 16.3. The molecule has 0 atom stereocenters. The van der Waals surface area contributed by atoms with E-state index in [-0.39, 0.29) is 17.5 Å². The molecule has 0 radical (unpaired) electrons. The van der Waals surface area contributed by atoms with Crippen LogP contribution in [-0.4, -0.2) is 6.71 Å². The summed E-state index contributed by atoms with van der Waals surface area (Å²) < 4.78 is 6.91. The van der Waals surface area contributed by atoms with Crippen molar-refractivity contribution >= 4 is 113 Å². The van der Waals surface area contributed by atoms with Crippen LogP contribution in [0.3, 0.4) is 0 Å². The lowest BCUT2D eigenvalue weighted by atomic mass is 9.33. The van der Waals surface area contributed by atoms with Crippen molar-refractivity contribution in [2.45, 2.75) is 89.4 Å². The molecule has 0 saturated carbocycles. The first-order valence-electron chi connectivity index (χ1n) is 47.3. The van der Waals surface area contributed by atoms with Crippen LogP contribution in [0, 0.1) is 0 Å². The molecule has 25 rings (SSSR count). The van der Waals surface area contributed by atoms with Crippen LogP contribution in [0.4, 0.5) is 68.2 Å². The fourth-order valence-electron chi connectivity index (χ4n) is 23.1. The van der Waals surface area contributed by atoms with Crippen molar-refractivity contribution in [2.75, 3.05) is 19.6 Å². The van der Waals surface area contributed by atoms with Gasteiger partial charge in [0.2, 0.25) is 0 Å². The van der Waals surface area contributed by atoms with Gasteiger partial charge in [0.15, 0.2) is 0 Å².